The molecule has 1 saturated heterocycles. The molecule has 0 radical (unpaired) electrons. The lowest BCUT2D eigenvalue weighted by molar-refractivity contribution is 0.0601. The van der Waals surface area contributed by atoms with E-state index in [1.807, 2.05) is 11.6 Å². The first-order chi connectivity index (χ1) is 13.0. The van der Waals surface area contributed by atoms with Gasteiger partial charge in [0.1, 0.15) is 5.75 Å². The SMILES string of the molecule is COC(=O)c1cc(OC)ccc1NC(=O)c1nnn(C2CCNCC2)c1C.Cl. The summed E-state index contributed by atoms with van der Waals surface area (Å²) in [4.78, 5) is 24.8. The molecule has 1 aromatic carbocycles. The molecule has 1 aromatic heterocycles. The van der Waals surface area contributed by atoms with Crippen LogP contribution in [0.2, 0.25) is 0 Å². The number of carbonyl (C=O) groups is 2. The van der Waals surface area contributed by atoms with Crippen molar-refractivity contribution in [2.24, 2.45) is 0 Å². The lowest BCUT2D eigenvalue weighted by Crippen LogP contribution is -2.30. The Kier molecular flexibility index (Phi) is 7.36. The number of benzene rings is 1. The van der Waals surface area contributed by atoms with Crippen molar-refractivity contribution in [1.29, 1.82) is 0 Å². The minimum absolute atomic E-state index is 0. The monoisotopic (exact) mass is 409 g/mol. The number of halogens is 1. The van der Waals surface area contributed by atoms with E-state index >= 15 is 0 Å². The first-order valence-electron chi connectivity index (χ1n) is 8.75. The summed E-state index contributed by atoms with van der Waals surface area (Å²) in [6.07, 6.45) is 1.88. The van der Waals surface area contributed by atoms with Crippen LogP contribution >= 0.6 is 12.4 Å². The van der Waals surface area contributed by atoms with Crippen molar-refractivity contribution in [1.82, 2.24) is 20.3 Å². The lowest BCUT2D eigenvalue weighted by atomic mass is 10.1. The maximum Gasteiger partial charge on any atom is 0.340 e. The second-order valence-corrected chi connectivity index (χ2v) is 6.31. The van der Waals surface area contributed by atoms with Gasteiger partial charge in [0.2, 0.25) is 0 Å². The Morgan fingerprint density at radius 3 is 2.61 bits per heavy atom. The topological polar surface area (TPSA) is 107 Å². The highest BCUT2D eigenvalue weighted by atomic mass is 35.5. The van der Waals surface area contributed by atoms with Gasteiger partial charge in [0.15, 0.2) is 5.69 Å². The van der Waals surface area contributed by atoms with Crippen LogP contribution in [0.5, 0.6) is 5.75 Å². The van der Waals surface area contributed by atoms with E-state index in [2.05, 4.69) is 20.9 Å². The number of esters is 1. The molecule has 0 aliphatic carbocycles. The number of aromatic nitrogens is 3. The molecule has 0 unspecified atom stereocenters. The smallest absolute Gasteiger partial charge is 0.340 e. The molecule has 152 valence electrons. The summed E-state index contributed by atoms with van der Waals surface area (Å²) in [6.45, 7) is 3.66. The van der Waals surface area contributed by atoms with Gasteiger partial charge in [-0.05, 0) is 51.1 Å². The fourth-order valence-electron chi connectivity index (χ4n) is 3.17. The minimum atomic E-state index is -0.570. The van der Waals surface area contributed by atoms with Crippen LogP contribution in [0, 0.1) is 6.92 Å². The molecule has 2 aromatic rings. The number of methoxy groups -OCH3 is 2. The molecule has 2 N–H and O–H groups in total. The average molecular weight is 410 g/mol. The Bertz CT molecular complexity index is 848. The van der Waals surface area contributed by atoms with E-state index in [1.165, 1.54) is 20.3 Å². The van der Waals surface area contributed by atoms with Gasteiger partial charge in [-0.1, -0.05) is 5.21 Å². The number of ether oxygens (including phenoxy) is 2. The van der Waals surface area contributed by atoms with E-state index in [4.69, 9.17) is 9.47 Å². The molecule has 1 aliphatic rings. The van der Waals surface area contributed by atoms with E-state index in [-0.39, 0.29) is 29.7 Å². The fraction of sp³-hybridized carbons (Fsp3) is 0.444. The van der Waals surface area contributed by atoms with Crippen LogP contribution in [-0.2, 0) is 4.74 Å². The highest BCUT2D eigenvalue weighted by Gasteiger charge is 2.24. The van der Waals surface area contributed by atoms with Gasteiger partial charge < -0.3 is 20.1 Å². The standard InChI is InChI=1S/C18H23N5O4.ClH/c1-11-16(21-22-23(11)12-6-8-19-9-7-12)17(24)20-15-5-4-13(26-2)10-14(15)18(25)27-3;/h4-5,10,12,19H,6-9H2,1-3H3,(H,20,24);1H. The van der Waals surface area contributed by atoms with Crippen LogP contribution in [-0.4, -0.2) is 54.2 Å². The molecule has 28 heavy (non-hydrogen) atoms. The van der Waals surface area contributed by atoms with E-state index in [0.717, 1.165) is 25.9 Å². The summed E-state index contributed by atoms with van der Waals surface area (Å²) in [6, 6.07) is 4.99. The molecule has 2 heterocycles. The Morgan fingerprint density at radius 1 is 1.25 bits per heavy atom. The van der Waals surface area contributed by atoms with Crippen LogP contribution in [0.25, 0.3) is 0 Å². The zero-order valence-corrected chi connectivity index (χ0v) is 16.8. The highest BCUT2D eigenvalue weighted by Crippen LogP contribution is 2.24. The average Bonchev–Trinajstić information content (AvgIpc) is 3.09. The maximum atomic E-state index is 12.7. The fourth-order valence-corrected chi connectivity index (χ4v) is 3.17. The number of anilines is 1. The second kappa shape index (κ2) is 9.52. The van der Waals surface area contributed by atoms with Crippen LogP contribution < -0.4 is 15.4 Å². The molecule has 1 fully saturated rings. The summed E-state index contributed by atoms with van der Waals surface area (Å²) in [5, 5.41) is 14.3. The number of nitrogens with one attached hydrogen (secondary N) is 2. The van der Waals surface area contributed by atoms with Crippen molar-refractivity contribution < 1.29 is 19.1 Å². The zero-order chi connectivity index (χ0) is 19.4. The first kappa shape index (κ1) is 21.6. The molecule has 10 heteroatoms. The van der Waals surface area contributed by atoms with Crippen molar-refractivity contribution >= 4 is 30.0 Å². The summed E-state index contributed by atoms with van der Waals surface area (Å²) >= 11 is 0. The van der Waals surface area contributed by atoms with Crippen LogP contribution in [0.15, 0.2) is 18.2 Å². The first-order valence-corrected chi connectivity index (χ1v) is 8.75. The maximum absolute atomic E-state index is 12.7. The molecule has 1 aliphatic heterocycles. The molecule has 0 spiro atoms. The molecule has 0 atom stereocenters. The van der Waals surface area contributed by atoms with Gasteiger partial charge in [0.25, 0.3) is 5.91 Å². The van der Waals surface area contributed by atoms with Gasteiger partial charge in [0.05, 0.1) is 37.2 Å². The van der Waals surface area contributed by atoms with Crippen LogP contribution in [0.4, 0.5) is 5.69 Å². The van der Waals surface area contributed by atoms with E-state index in [0.29, 0.717) is 17.1 Å². The van der Waals surface area contributed by atoms with Gasteiger partial charge >= 0.3 is 5.97 Å². The molecular weight excluding hydrogens is 386 g/mol. The zero-order valence-electron chi connectivity index (χ0n) is 16.0. The lowest BCUT2D eigenvalue weighted by Gasteiger charge is -2.23. The number of amides is 1. The quantitative estimate of drug-likeness (QED) is 0.727. The molecule has 1 amide bonds. The van der Waals surface area contributed by atoms with Gasteiger partial charge in [0, 0.05) is 0 Å². The molecule has 9 nitrogen and oxygen atoms in total. The third kappa shape index (κ3) is 4.42. The highest BCUT2D eigenvalue weighted by molar-refractivity contribution is 6.07. The predicted octanol–water partition coefficient (Wildman–Crippen LogP) is 1.98. The number of nitrogens with zero attached hydrogens (tertiary/aromatic N) is 3. The normalized spacial score (nSPS) is 14.1. The number of carbonyl (C=O) groups excluding carboxylic acids is 2. The Balaban J connectivity index is 0.00000280. The number of hydrogen-bond donors (Lipinski definition) is 2. The molecular formula is C18H24ClN5O4. The molecule has 0 saturated carbocycles. The third-order valence-corrected chi connectivity index (χ3v) is 4.68. The van der Waals surface area contributed by atoms with E-state index in [1.54, 1.807) is 12.1 Å². The molecule has 0 bridgehead atoms. The van der Waals surface area contributed by atoms with Crippen molar-refractivity contribution in [3.8, 4) is 5.75 Å². The van der Waals surface area contributed by atoms with Crippen molar-refractivity contribution in [2.75, 3.05) is 32.6 Å². The van der Waals surface area contributed by atoms with Gasteiger partial charge in [-0.3, -0.25) is 4.79 Å². The van der Waals surface area contributed by atoms with Crippen LogP contribution in [0.1, 0.15) is 45.4 Å². The second-order valence-electron chi connectivity index (χ2n) is 6.31. The van der Waals surface area contributed by atoms with Crippen molar-refractivity contribution in [3.63, 3.8) is 0 Å². The summed E-state index contributed by atoms with van der Waals surface area (Å²) in [5.41, 5.74) is 1.46. The van der Waals surface area contributed by atoms with Crippen molar-refractivity contribution in [2.45, 2.75) is 25.8 Å². The number of rotatable bonds is 5. The largest absolute Gasteiger partial charge is 0.497 e. The Labute approximate surface area is 169 Å². The van der Waals surface area contributed by atoms with Gasteiger partial charge in [-0.2, -0.15) is 0 Å². The Morgan fingerprint density at radius 2 is 1.96 bits per heavy atom. The van der Waals surface area contributed by atoms with E-state index in [9.17, 15) is 9.59 Å². The van der Waals surface area contributed by atoms with E-state index < -0.39 is 11.9 Å². The molecule has 3 rings (SSSR count). The van der Waals surface area contributed by atoms with Gasteiger partial charge in [-0.25, -0.2) is 9.48 Å². The van der Waals surface area contributed by atoms with Gasteiger partial charge in [-0.15, -0.1) is 17.5 Å². The predicted molar refractivity (Wildman–Crippen MR) is 105 cm³/mol. The minimum Gasteiger partial charge on any atom is -0.497 e. The summed E-state index contributed by atoms with van der Waals surface area (Å²) < 4.78 is 11.7. The summed E-state index contributed by atoms with van der Waals surface area (Å²) in [5.74, 6) is -0.510. The third-order valence-electron chi connectivity index (χ3n) is 4.68. The Hall–Kier alpha value is -2.65. The number of hydrogen-bond acceptors (Lipinski definition) is 7. The number of piperidine rings is 1. The van der Waals surface area contributed by atoms with Crippen LogP contribution in [0.3, 0.4) is 0 Å². The summed E-state index contributed by atoms with van der Waals surface area (Å²) in [7, 11) is 2.78. The van der Waals surface area contributed by atoms with Crippen molar-refractivity contribution in [3.05, 3.63) is 35.2 Å².